The third-order valence-corrected chi connectivity index (χ3v) is 2.79. The lowest BCUT2D eigenvalue weighted by molar-refractivity contribution is -0.328. The molecule has 0 spiro atoms. The van der Waals surface area contributed by atoms with Crippen molar-refractivity contribution >= 4 is 5.78 Å². The van der Waals surface area contributed by atoms with Gasteiger partial charge < -0.3 is 5.73 Å². The van der Waals surface area contributed by atoms with Crippen molar-refractivity contribution in [2.24, 2.45) is 5.73 Å². The van der Waals surface area contributed by atoms with Gasteiger partial charge in [0.15, 0.2) is 5.78 Å². The lowest BCUT2D eigenvalue weighted by Crippen LogP contribution is -2.59. The fourth-order valence-corrected chi connectivity index (χ4v) is 1.45. The number of hydrogen-bond acceptors (Lipinski definition) is 2. The first-order chi connectivity index (χ1) is 10.4. The number of rotatable bonds is 6. The molecular formula is C13H9F8NO. The average Bonchev–Trinajstić information content (AvgIpc) is 2.47. The Kier molecular flexibility index (Phi) is 5.07. The van der Waals surface area contributed by atoms with E-state index in [2.05, 4.69) is 5.73 Å². The lowest BCUT2D eigenvalue weighted by atomic mass is 10.00. The highest BCUT2D eigenvalue weighted by molar-refractivity contribution is 6.04. The summed E-state index contributed by atoms with van der Waals surface area (Å²) in [6.07, 6.45) is -5.26. The van der Waals surface area contributed by atoms with Crippen molar-refractivity contribution in [2.45, 2.75) is 24.2 Å². The smallest absolute Gasteiger partial charge is 0.383 e. The van der Waals surface area contributed by atoms with Crippen LogP contribution in [0.1, 0.15) is 10.4 Å². The van der Waals surface area contributed by atoms with Crippen molar-refractivity contribution in [1.29, 1.82) is 0 Å². The molecule has 0 heterocycles. The molecule has 0 aromatic heterocycles. The predicted octanol–water partition coefficient (Wildman–Crippen LogP) is 3.88. The monoisotopic (exact) mass is 347 g/mol. The van der Waals surface area contributed by atoms with Gasteiger partial charge in [0.25, 0.3) is 0 Å². The fourth-order valence-electron chi connectivity index (χ4n) is 1.45. The van der Waals surface area contributed by atoms with E-state index in [0.717, 1.165) is 12.1 Å². The van der Waals surface area contributed by atoms with Crippen LogP contribution in [0, 0.1) is 0 Å². The molecule has 0 fully saturated rings. The van der Waals surface area contributed by atoms with Gasteiger partial charge in [-0.25, -0.2) is 8.78 Å². The Bertz CT molecular complexity index is 597. The van der Waals surface area contributed by atoms with Crippen LogP contribution in [-0.2, 0) is 0 Å². The zero-order chi connectivity index (χ0) is 18.1. The normalized spacial score (nSPS) is 14.2. The molecule has 1 rings (SSSR count). The number of benzene rings is 1. The summed E-state index contributed by atoms with van der Waals surface area (Å²) in [7, 11) is 0. The molecule has 0 saturated carbocycles. The molecule has 0 bridgehead atoms. The maximum absolute atomic E-state index is 13.4. The summed E-state index contributed by atoms with van der Waals surface area (Å²) in [6.45, 7) is 0. The topological polar surface area (TPSA) is 43.1 Å². The van der Waals surface area contributed by atoms with Crippen molar-refractivity contribution in [2.75, 3.05) is 0 Å². The molecule has 0 unspecified atom stereocenters. The summed E-state index contributed by atoms with van der Waals surface area (Å²) in [6, 6.07) is 6.33. The number of halogens is 8. The Hall–Kier alpha value is -2.13. The van der Waals surface area contributed by atoms with Crippen LogP contribution in [0.15, 0.2) is 42.1 Å². The molecule has 128 valence electrons. The van der Waals surface area contributed by atoms with Gasteiger partial charge in [0.05, 0.1) is 5.70 Å². The van der Waals surface area contributed by atoms with E-state index in [0.29, 0.717) is 0 Å². The van der Waals surface area contributed by atoms with Gasteiger partial charge in [0, 0.05) is 11.6 Å². The first-order valence-electron chi connectivity index (χ1n) is 5.84. The minimum atomic E-state index is -6.49. The SMILES string of the molecule is N/C(=C\C(=O)c1ccccc1)C(F)(F)C(F)(F)C(F)(F)C(F)F. The maximum atomic E-state index is 13.4. The van der Waals surface area contributed by atoms with Crippen LogP contribution in [-0.4, -0.2) is 30.0 Å². The molecule has 1 aromatic carbocycles. The van der Waals surface area contributed by atoms with Crippen molar-refractivity contribution in [3.63, 3.8) is 0 Å². The largest absolute Gasteiger partial charge is 0.397 e. The zero-order valence-electron chi connectivity index (χ0n) is 11.1. The molecule has 2 N–H and O–H groups in total. The van der Waals surface area contributed by atoms with Crippen LogP contribution in [0.4, 0.5) is 35.1 Å². The summed E-state index contributed by atoms with van der Waals surface area (Å²) in [4.78, 5) is 11.5. The van der Waals surface area contributed by atoms with Gasteiger partial charge in [-0.2, -0.15) is 26.3 Å². The van der Waals surface area contributed by atoms with Crippen LogP contribution < -0.4 is 5.73 Å². The Labute approximate surface area is 124 Å². The van der Waals surface area contributed by atoms with Gasteiger partial charge in [-0.05, 0) is 0 Å². The first kappa shape index (κ1) is 18.9. The second kappa shape index (κ2) is 6.17. The first-order valence-corrected chi connectivity index (χ1v) is 5.84. The Morgan fingerprint density at radius 3 is 1.91 bits per heavy atom. The van der Waals surface area contributed by atoms with Crippen molar-refractivity contribution in [3.05, 3.63) is 47.7 Å². The molecule has 1 aromatic rings. The molecule has 0 saturated heterocycles. The number of ketones is 1. The predicted molar refractivity (Wildman–Crippen MR) is 63.9 cm³/mol. The fraction of sp³-hybridized carbons (Fsp3) is 0.308. The number of nitrogens with two attached hydrogens (primary N) is 1. The van der Waals surface area contributed by atoms with E-state index < -0.39 is 35.7 Å². The third-order valence-electron chi connectivity index (χ3n) is 2.79. The molecule has 23 heavy (non-hydrogen) atoms. The van der Waals surface area contributed by atoms with Crippen LogP contribution >= 0.6 is 0 Å². The summed E-state index contributed by atoms with van der Waals surface area (Å²) in [5.74, 6) is -20.0. The lowest BCUT2D eigenvalue weighted by Gasteiger charge is -2.32. The second-order valence-electron chi connectivity index (χ2n) is 4.40. The van der Waals surface area contributed by atoms with E-state index in [9.17, 15) is 39.9 Å². The Morgan fingerprint density at radius 2 is 1.48 bits per heavy atom. The molecule has 10 heteroatoms. The van der Waals surface area contributed by atoms with Gasteiger partial charge in [-0.15, -0.1) is 0 Å². The van der Waals surface area contributed by atoms with E-state index >= 15 is 0 Å². The number of allylic oxidation sites excluding steroid dienone is 2. The molecule has 0 aliphatic rings. The van der Waals surface area contributed by atoms with E-state index in [-0.39, 0.29) is 11.6 Å². The number of hydrogen-bond donors (Lipinski definition) is 1. The number of carbonyl (C=O) groups is 1. The summed E-state index contributed by atoms with van der Waals surface area (Å²) in [5, 5.41) is 0. The van der Waals surface area contributed by atoms with Crippen molar-refractivity contribution in [1.82, 2.24) is 0 Å². The minimum Gasteiger partial charge on any atom is -0.397 e. The summed E-state index contributed by atoms with van der Waals surface area (Å²) in [5.41, 5.74) is 2.11. The molecule has 0 atom stereocenters. The Balaban J connectivity index is 3.21. The number of alkyl halides is 8. The van der Waals surface area contributed by atoms with Crippen molar-refractivity contribution in [3.8, 4) is 0 Å². The van der Waals surface area contributed by atoms with Gasteiger partial charge in [-0.3, -0.25) is 4.79 Å². The van der Waals surface area contributed by atoms with E-state index in [1.165, 1.54) is 18.2 Å². The summed E-state index contributed by atoms with van der Waals surface area (Å²) >= 11 is 0. The average molecular weight is 347 g/mol. The molecule has 0 aliphatic carbocycles. The molecule has 0 aliphatic heterocycles. The van der Waals surface area contributed by atoms with Crippen LogP contribution in [0.2, 0.25) is 0 Å². The zero-order valence-corrected chi connectivity index (χ0v) is 11.1. The second-order valence-corrected chi connectivity index (χ2v) is 4.40. The van der Waals surface area contributed by atoms with Crippen LogP contribution in [0.25, 0.3) is 0 Å². The van der Waals surface area contributed by atoms with Crippen molar-refractivity contribution < 1.29 is 39.9 Å². The van der Waals surface area contributed by atoms with E-state index in [1.54, 1.807) is 0 Å². The standard InChI is InChI=1S/C13H9F8NO/c14-10(15)12(18,19)13(20,21)11(16,17)9(22)6-8(23)7-4-2-1-3-5-7/h1-6,10H,22H2/b9-6-. The van der Waals surface area contributed by atoms with Gasteiger partial charge >= 0.3 is 24.2 Å². The molecule has 2 nitrogen and oxygen atoms in total. The van der Waals surface area contributed by atoms with Crippen LogP contribution in [0.5, 0.6) is 0 Å². The molecule has 0 amide bonds. The number of carbonyl (C=O) groups excluding carboxylic acids is 1. The molecular weight excluding hydrogens is 338 g/mol. The maximum Gasteiger partial charge on any atom is 0.383 e. The van der Waals surface area contributed by atoms with Gasteiger partial charge in [0.1, 0.15) is 0 Å². The Morgan fingerprint density at radius 1 is 1.00 bits per heavy atom. The van der Waals surface area contributed by atoms with Gasteiger partial charge in [-0.1, -0.05) is 30.3 Å². The highest BCUT2D eigenvalue weighted by Crippen LogP contribution is 2.50. The third kappa shape index (κ3) is 3.30. The minimum absolute atomic E-state index is 0.204. The van der Waals surface area contributed by atoms with E-state index in [4.69, 9.17) is 0 Å². The summed E-state index contributed by atoms with van der Waals surface area (Å²) < 4.78 is 102. The van der Waals surface area contributed by atoms with E-state index in [1.807, 2.05) is 0 Å². The van der Waals surface area contributed by atoms with Gasteiger partial charge in [0.2, 0.25) is 0 Å². The highest BCUT2D eigenvalue weighted by Gasteiger charge is 2.76. The van der Waals surface area contributed by atoms with Crippen LogP contribution in [0.3, 0.4) is 0 Å². The highest BCUT2D eigenvalue weighted by atomic mass is 19.4. The molecule has 0 radical (unpaired) electrons. The quantitative estimate of drug-likeness (QED) is 0.482.